The number of piperidine rings is 1. The number of benzene rings is 3. The molecule has 3 amide bonds. The van der Waals surface area contributed by atoms with Crippen LogP contribution in [0.4, 0.5) is 14.4 Å². The van der Waals surface area contributed by atoms with Gasteiger partial charge in [0.2, 0.25) is 0 Å². The Labute approximate surface area is 490 Å². The van der Waals surface area contributed by atoms with Crippen molar-refractivity contribution in [2.24, 2.45) is 5.41 Å². The van der Waals surface area contributed by atoms with Crippen LogP contribution in [0.5, 0.6) is 0 Å². The monoisotopic (exact) mass is 1140 g/mol. The summed E-state index contributed by atoms with van der Waals surface area (Å²) in [6, 6.07) is 24.1. The van der Waals surface area contributed by atoms with Crippen LogP contribution in [-0.4, -0.2) is 129 Å². The van der Waals surface area contributed by atoms with Crippen molar-refractivity contribution in [3.63, 3.8) is 0 Å². The molecule has 0 radical (unpaired) electrons. The van der Waals surface area contributed by atoms with Crippen molar-refractivity contribution in [3.8, 4) is 22.4 Å². The lowest BCUT2D eigenvalue weighted by Crippen LogP contribution is -2.61. The minimum atomic E-state index is -1.14. The second kappa shape index (κ2) is 22.5. The summed E-state index contributed by atoms with van der Waals surface area (Å²) < 4.78 is 46.0. The largest absolute Gasteiger partial charge is 0.494 e. The smallest absolute Gasteiger partial charge is 0.464 e. The van der Waals surface area contributed by atoms with Gasteiger partial charge in [0.25, 0.3) is 0 Å². The molecule has 0 unspecified atom stereocenters. The van der Waals surface area contributed by atoms with Crippen LogP contribution in [-0.2, 0) is 50.8 Å². The highest BCUT2D eigenvalue weighted by Crippen LogP contribution is 2.47. The molecule has 4 saturated heterocycles. The number of amides is 3. The lowest BCUT2D eigenvalue weighted by Gasteiger charge is -2.47. The van der Waals surface area contributed by atoms with E-state index in [0.29, 0.717) is 45.4 Å². The summed E-state index contributed by atoms with van der Waals surface area (Å²) in [7, 11) is -0.609. The third-order valence-electron chi connectivity index (χ3n) is 17.4. The van der Waals surface area contributed by atoms with Gasteiger partial charge in [-0.1, -0.05) is 88.4 Å². The number of fused-ring (bicyclic) bond motifs is 6. The third kappa shape index (κ3) is 12.0. The number of esters is 1. The normalized spacial score (nSPS) is 21.5. The second-order valence-electron chi connectivity index (χ2n) is 27.6. The summed E-state index contributed by atoms with van der Waals surface area (Å²) in [5.74, 6) is -0.550. The van der Waals surface area contributed by atoms with Crippen molar-refractivity contribution >= 4 is 47.7 Å². The zero-order valence-electron chi connectivity index (χ0n) is 51.6. The predicted molar refractivity (Wildman–Crippen MR) is 320 cm³/mol. The molecule has 10 rings (SSSR count). The van der Waals surface area contributed by atoms with Gasteiger partial charge < -0.3 is 37.6 Å². The van der Waals surface area contributed by atoms with Crippen LogP contribution >= 0.6 is 0 Å². The van der Waals surface area contributed by atoms with Crippen molar-refractivity contribution in [2.75, 3.05) is 33.0 Å². The molecule has 3 aromatic carbocycles. The van der Waals surface area contributed by atoms with Gasteiger partial charge in [-0.25, -0.2) is 24.2 Å². The van der Waals surface area contributed by atoms with Crippen molar-refractivity contribution in [2.45, 2.75) is 201 Å². The van der Waals surface area contributed by atoms with E-state index < -0.39 is 59.1 Å². The molecule has 2 bridgehead atoms. The molecule has 4 fully saturated rings. The molecule has 17 heteroatoms. The van der Waals surface area contributed by atoms with Crippen LogP contribution in [0.3, 0.4) is 0 Å². The Morgan fingerprint density at radius 2 is 1.36 bits per heavy atom. The SMILES string of the molecule is CCn1c(-c2cc([C@H]3C[C@H]4COC[C@@H](C3)N4C(=O)OCC3c4ccccc4-c4ccccc43)cnc2C(C)C)c(CC(C)(C)COC(=O)[C@@H]2CCCN(C(=O)OC(C)(C)C)N2C(=O)OC(C)(C)C)c2cc(B3OC(C)(C)C(C)(C)O3)ccc21. The fraction of sp³-hybridized carbons (Fsp3) is 0.561. The average Bonchev–Trinajstić information content (AvgIpc) is 3.32. The number of nitrogens with zero attached hydrogens (tertiary/aromatic N) is 5. The Bertz CT molecular complexity index is 3210. The van der Waals surface area contributed by atoms with Crippen LogP contribution in [0, 0.1) is 5.41 Å². The van der Waals surface area contributed by atoms with Crippen molar-refractivity contribution in [1.29, 1.82) is 0 Å². The molecule has 1 aliphatic carbocycles. The molecule has 5 aromatic rings. The zero-order chi connectivity index (χ0) is 59.7. The minimum Gasteiger partial charge on any atom is -0.464 e. The number of carbonyl (C=O) groups excluding carboxylic acids is 4. The van der Waals surface area contributed by atoms with Crippen molar-refractivity contribution in [1.82, 2.24) is 24.5 Å². The maximum Gasteiger partial charge on any atom is 0.494 e. The predicted octanol–water partition coefficient (Wildman–Crippen LogP) is 12.7. The van der Waals surface area contributed by atoms with E-state index in [-0.39, 0.29) is 62.1 Å². The van der Waals surface area contributed by atoms with Gasteiger partial charge in [-0.2, -0.15) is 5.01 Å². The minimum absolute atomic E-state index is 0.00545. The molecule has 6 heterocycles. The molecule has 83 heavy (non-hydrogen) atoms. The molecule has 444 valence electrons. The van der Waals surface area contributed by atoms with E-state index in [4.69, 9.17) is 38.0 Å². The van der Waals surface area contributed by atoms with Gasteiger partial charge >= 0.3 is 31.4 Å². The molecule has 5 aliphatic rings. The van der Waals surface area contributed by atoms with Crippen molar-refractivity contribution < 1.29 is 52.2 Å². The lowest BCUT2D eigenvalue weighted by molar-refractivity contribution is -0.164. The fourth-order valence-electron chi connectivity index (χ4n) is 12.9. The molecule has 4 aliphatic heterocycles. The number of hydrogen-bond donors (Lipinski definition) is 0. The summed E-state index contributed by atoms with van der Waals surface area (Å²) in [6.07, 6.45) is 2.68. The van der Waals surface area contributed by atoms with E-state index >= 15 is 0 Å². The summed E-state index contributed by atoms with van der Waals surface area (Å²) in [6.45, 7) is 31.3. The first-order valence-electron chi connectivity index (χ1n) is 30.0. The van der Waals surface area contributed by atoms with Crippen LogP contribution in [0.1, 0.15) is 175 Å². The van der Waals surface area contributed by atoms with Crippen LogP contribution < -0.4 is 5.46 Å². The number of morpholine rings is 1. The van der Waals surface area contributed by atoms with Gasteiger partial charge in [0, 0.05) is 47.1 Å². The zero-order valence-corrected chi connectivity index (χ0v) is 51.6. The fourth-order valence-corrected chi connectivity index (χ4v) is 12.9. The third-order valence-corrected chi connectivity index (χ3v) is 17.4. The van der Waals surface area contributed by atoms with Gasteiger partial charge in [0.1, 0.15) is 17.8 Å². The van der Waals surface area contributed by atoms with Gasteiger partial charge in [0.05, 0.1) is 54.5 Å². The molecular formula is C66H86BN5O11. The number of aryl methyl sites for hydroxylation is 1. The first-order valence-corrected chi connectivity index (χ1v) is 30.0. The highest BCUT2D eigenvalue weighted by molar-refractivity contribution is 6.62. The molecule has 4 atom stereocenters. The van der Waals surface area contributed by atoms with E-state index in [9.17, 15) is 19.2 Å². The molecule has 16 nitrogen and oxygen atoms in total. The number of carbonyl (C=O) groups is 4. The number of ether oxygens (including phenoxy) is 5. The summed E-state index contributed by atoms with van der Waals surface area (Å²) in [5.41, 5.74) is 8.26. The Hall–Kier alpha value is -6.43. The molecule has 2 aromatic heterocycles. The highest BCUT2D eigenvalue weighted by Gasteiger charge is 2.52. The summed E-state index contributed by atoms with van der Waals surface area (Å²) in [4.78, 5) is 63.9. The van der Waals surface area contributed by atoms with E-state index in [2.05, 4.69) is 140 Å². The molecule has 0 saturated carbocycles. The number of rotatable bonds is 12. The van der Waals surface area contributed by atoms with E-state index in [1.54, 1.807) is 41.5 Å². The first-order chi connectivity index (χ1) is 39.0. The molecular weight excluding hydrogens is 1050 g/mol. The quantitative estimate of drug-likeness (QED) is 0.0662. The van der Waals surface area contributed by atoms with E-state index in [1.165, 1.54) is 27.3 Å². The maximum absolute atomic E-state index is 14.6. The standard InChI is InChI=1S/C66H86BN5O11/c1-16-69-54-28-27-43(67-82-65(12,13)66(14,15)83-67)33-50(54)52(34-64(10,11)39-79-58(73)55-26-21-29-70(59(74)80-62(4,5)6)72(55)61(76)81-63(7,8)9)57(69)51-32-42(35-68-56(51)40(2)3)41-30-44-36-77-37-45(31-41)71(44)60(75)78-38-53-48-24-19-17-22-46(48)47-23-18-20-25-49(47)53/h17-20,22-25,27-28,32-33,35,40-41,44-45,53,55H,16,21,26,29-31,34,36-39H2,1-15H3/t41-,44-,45+,55-/m0/s1. The average molecular weight is 1140 g/mol. The first kappa shape index (κ1) is 59.7. The van der Waals surface area contributed by atoms with Crippen LogP contribution in [0.15, 0.2) is 79.0 Å². The lowest BCUT2D eigenvalue weighted by atomic mass is 9.77. The van der Waals surface area contributed by atoms with Gasteiger partial charge in [-0.3, -0.25) is 9.88 Å². The Balaban J connectivity index is 0.967. The molecule has 0 spiro atoms. The highest BCUT2D eigenvalue weighted by atomic mass is 16.7. The number of hydrazine groups is 1. The Kier molecular flexibility index (Phi) is 16.2. The van der Waals surface area contributed by atoms with Crippen LogP contribution in [0.25, 0.3) is 33.3 Å². The Morgan fingerprint density at radius 3 is 1.95 bits per heavy atom. The van der Waals surface area contributed by atoms with Gasteiger partial charge in [-0.05, 0) is 171 Å². The second-order valence-corrected chi connectivity index (χ2v) is 27.6. The summed E-state index contributed by atoms with van der Waals surface area (Å²) in [5, 5.41) is 3.28. The number of aromatic nitrogens is 2. The topological polar surface area (TPSA) is 160 Å². The molecule has 0 N–H and O–H groups in total. The number of hydrogen-bond acceptors (Lipinski definition) is 12. The number of pyridine rings is 1. The van der Waals surface area contributed by atoms with E-state index in [1.807, 2.05) is 11.1 Å². The van der Waals surface area contributed by atoms with Gasteiger partial charge in [0.15, 0.2) is 6.04 Å². The van der Waals surface area contributed by atoms with E-state index in [0.717, 1.165) is 49.5 Å². The van der Waals surface area contributed by atoms with Crippen molar-refractivity contribution in [3.05, 3.63) is 107 Å². The van der Waals surface area contributed by atoms with Gasteiger partial charge in [-0.15, -0.1) is 0 Å². The van der Waals surface area contributed by atoms with Crippen LogP contribution in [0.2, 0.25) is 0 Å². The maximum atomic E-state index is 14.6. The Morgan fingerprint density at radius 1 is 0.759 bits per heavy atom. The summed E-state index contributed by atoms with van der Waals surface area (Å²) >= 11 is 0.